The summed E-state index contributed by atoms with van der Waals surface area (Å²) in [7, 11) is 1.92. The number of rotatable bonds is 10. The second-order valence-electron chi connectivity index (χ2n) is 17.1. The Bertz CT molecular complexity index is 2550. The van der Waals surface area contributed by atoms with E-state index in [0.717, 1.165) is 11.9 Å². The molecule has 0 spiro atoms. The first kappa shape index (κ1) is 37.0. The summed E-state index contributed by atoms with van der Waals surface area (Å²) in [5, 5.41) is 11.0. The van der Waals surface area contributed by atoms with Crippen molar-refractivity contribution in [3.8, 4) is 55.6 Å². The van der Waals surface area contributed by atoms with Crippen molar-refractivity contribution in [3.05, 3.63) is 222 Å². The first-order chi connectivity index (χ1) is 28.7. The van der Waals surface area contributed by atoms with Crippen LogP contribution in [0.5, 0.6) is 0 Å². The fourth-order valence-corrected chi connectivity index (χ4v) is 9.37. The van der Waals surface area contributed by atoms with Gasteiger partial charge in [0.15, 0.2) is 0 Å². The smallest absolute Gasteiger partial charge is 0.330 e. The first-order valence-corrected chi connectivity index (χ1v) is 20.7. The van der Waals surface area contributed by atoms with E-state index in [1.165, 1.54) is 77.9 Å². The maximum atomic E-state index is 11.0. The van der Waals surface area contributed by atoms with E-state index in [9.17, 15) is 5.11 Å². The lowest BCUT2D eigenvalue weighted by Crippen LogP contribution is -2.35. The van der Waals surface area contributed by atoms with E-state index in [1.54, 1.807) is 0 Å². The molecule has 285 valence electrons. The van der Waals surface area contributed by atoms with Gasteiger partial charge >= 0.3 is 7.48 Å². The van der Waals surface area contributed by atoms with E-state index in [0.29, 0.717) is 0 Å². The van der Waals surface area contributed by atoms with Crippen LogP contribution >= 0.6 is 0 Å². The van der Waals surface area contributed by atoms with Crippen molar-refractivity contribution < 1.29 is 9.76 Å². The average molecular weight is 762 g/mol. The molecule has 2 nitrogen and oxygen atoms in total. The number of hydrogen-bond acceptors (Lipinski definition) is 2. The van der Waals surface area contributed by atoms with Crippen LogP contribution < -0.4 is 5.46 Å². The van der Waals surface area contributed by atoms with E-state index in [1.807, 2.05) is 21.3 Å². The molecule has 0 aromatic heterocycles. The Labute approximate surface area is 349 Å². The van der Waals surface area contributed by atoms with Crippen molar-refractivity contribution in [3.63, 3.8) is 0 Å². The molecule has 3 heteroatoms. The number of fused-ring (bicyclic) bond motifs is 3. The van der Waals surface area contributed by atoms with Gasteiger partial charge in [0.25, 0.3) is 0 Å². The minimum Gasteiger partial charge on any atom is -0.431 e. The van der Waals surface area contributed by atoms with E-state index in [4.69, 9.17) is 4.65 Å². The van der Waals surface area contributed by atoms with Crippen LogP contribution in [0.25, 0.3) is 55.6 Å². The lowest BCUT2D eigenvalue weighted by atomic mass is 9.65. The predicted molar refractivity (Wildman–Crippen MR) is 245 cm³/mol. The second kappa shape index (κ2) is 14.5. The third kappa shape index (κ3) is 6.46. The first-order valence-electron chi connectivity index (χ1n) is 20.7. The van der Waals surface area contributed by atoms with Crippen molar-refractivity contribution >= 4 is 12.9 Å². The molecule has 2 aliphatic rings. The van der Waals surface area contributed by atoms with Crippen LogP contribution in [0.3, 0.4) is 0 Å². The Morgan fingerprint density at radius 3 is 1.31 bits per heavy atom. The van der Waals surface area contributed by atoms with Crippen molar-refractivity contribution in [2.45, 2.75) is 44.3 Å². The van der Waals surface area contributed by atoms with Gasteiger partial charge in [-0.3, -0.25) is 0 Å². The van der Waals surface area contributed by atoms with Crippen LogP contribution in [-0.4, -0.2) is 24.3 Å². The fraction of sp³-hybridized carbons (Fsp3) is 0.143. The summed E-state index contributed by atoms with van der Waals surface area (Å²) in [5.74, 6) is 0. The van der Waals surface area contributed by atoms with Crippen LogP contribution in [0.4, 0.5) is 0 Å². The molecule has 1 radical (unpaired) electrons. The molecular weight excluding hydrogens is 715 g/mol. The van der Waals surface area contributed by atoms with Gasteiger partial charge in [-0.15, -0.1) is 0 Å². The van der Waals surface area contributed by atoms with Gasteiger partial charge < -0.3 is 9.76 Å². The molecule has 0 bridgehead atoms. The highest BCUT2D eigenvalue weighted by Crippen LogP contribution is 2.58. The summed E-state index contributed by atoms with van der Waals surface area (Å²) in [5.41, 5.74) is 15.8. The number of hydrogen-bond donors (Lipinski definition) is 1. The molecule has 1 N–H and O–H groups in total. The summed E-state index contributed by atoms with van der Waals surface area (Å²) in [4.78, 5) is 0. The molecule has 1 saturated carbocycles. The molecule has 1 fully saturated rings. The fourth-order valence-electron chi connectivity index (χ4n) is 9.37. The van der Waals surface area contributed by atoms with Gasteiger partial charge in [0, 0.05) is 11.5 Å². The lowest BCUT2D eigenvalue weighted by Gasteiger charge is -2.36. The minimum absolute atomic E-state index is 0.0512. The molecule has 10 rings (SSSR count). The summed E-state index contributed by atoms with van der Waals surface area (Å²) in [6.45, 7) is 5.89. The van der Waals surface area contributed by atoms with E-state index in [2.05, 4.69) is 207 Å². The SMILES string of the molecule is CC(C)(O)C1(C)CC1O[B]c1ccc2c(c1)C(c1cc(-c3ccccc3)cc(-c3ccccc3)c1)(c1cc(-c3ccccc3)cc(-c3ccccc3)c1)c1ccccc1-2. The molecule has 8 aromatic carbocycles. The molecule has 2 aliphatic carbocycles. The van der Waals surface area contributed by atoms with Crippen LogP contribution in [0.1, 0.15) is 49.4 Å². The van der Waals surface area contributed by atoms with Gasteiger partial charge in [0.2, 0.25) is 0 Å². The third-order valence-electron chi connectivity index (χ3n) is 13.2. The Morgan fingerprint density at radius 1 is 0.475 bits per heavy atom. The van der Waals surface area contributed by atoms with Gasteiger partial charge in [-0.2, -0.15) is 0 Å². The van der Waals surface area contributed by atoms with Gasteiger partial charge in [0.1, 0.15) is 0 Å². The quantitative estimate of drug-likeness (QED) is 0.141. The van der Waals surface area contributed by atoms with Gasteiger partial charge in [-0.25, -0.2) is 0 Å². The van der Waals surface area contributed by atoms with E-state index in [-0.39, 0.29) is 11.5 Å². The Balaban J connectivity index is 1.28. The van der Waals surface area contributed by atoms with Crippen molar-refractivity contribution in [1.82, 2.24) is 0 Å². The molecule has 0 saturated heterocycles. The maximum absolute atomic E-state index is 11.0. The monoisotopic (exact) mass is 761 g/mol. The zero-order valence-corrected chi connectivity index (χ0v) is 33.8. The second-order valence-corrected chi connectivity index (χ2v) is 17.1. The average Bonchev–Trinajstić information content (AvgIpc) is 3.89. The third-order valence-corrected chi connectivity index (χ3v) is 13.2. The molecule has 0 aliphatic heterocycles. The molecule has 2 atom stereocenters. The molecule has 0 amide bonds. The molecule has 59 heavy (non-hydrogen) atoms. The summed E-state index contributed by atoms with van der Waals surface area (Å²) >= 11 is 0. The van der Waals surface area contributed by atoms with Crippen LogP contribution in [0, 0.1) is 5.41 Å². The van der Waals surface area contributed by atoms with Crippen molar-refractivity contribution in [1.29, 1.82) is 0 Å². The Hall–Kier alpha value is -6.26. The molecule has 2 unspecified atom stereocenters. The van der Waals surface area contributed by atoms with Crippen LogP contribution in [-0.2, 0) is 10.1 Å². The maximum Gasteiger partial charge on any atom is 0.330 e. The lowest BCUT2D eigenvalue weighted by molar-refractivity contribution is -0.00637. The largest absolute Gasteiger partial charge is 0.431 e. The standard InChI is InChI=1S/C56H46BO2/c1-54(2,58)55(3)37-53(55)59-57-48-28-29-50-49-26-16-17-27-51(49)56(52(50)36-48,46-32-42(38-18-8-4-9-19-38)30-43(33-46)39-20-10-5-11-21-39)47-34-44(40-22-12-6-13-23-40)31-45(35-47)41-24-14-7-15-25-41/h4-36,53,58H,37H2,1-3H3. The van der Waals surface area contributed by atoms with Crippen LogP contribution in [0.2, 0.25) is 0 Å². The number of aliphatic hydroxyl groups is 1. The molecular formula is C56H46BO2. The van der Waals surface area contributed by atoms with Crippen LogP contribution in [0.15, 0.2) is 200 Å². The molecule has 0 heterocycles. The predicted octanol–water partition coefficient (Wildman–Crippen LogP) is 12.5. The van der Waals surface area contributed by atoms with Crippen molar-refractivity contribution in [2.24, 2.45) is 5.41 Å². The number of benzene rings is 8. The summed E-state index contributed by atoms with van der Waals surface area (Å²) in [6, 6.07) is 73.2. The van der Waals surface area contributed by atoms with E-state index < -0.39 is 11.0 Å². The zero-order valence-electron chi connectivity index (χ0n) is 33.8. The van der Waals surface area contributed by atoms with Gasteiger partial charge in [-0.05, 0) is 135 Å². The van der Waals surface area contributed by atoms with Gasteiger partial charge in [0.05, 0.1) is 11.0 Å². The van der Waals surface area contributed by atoms with E-state index >= 15 is 0 Å². The normalized spacial score (nSPS) is 17.5. The Morgan fingerprint density at radius 2 is 0.881 bits per heavy atom. The highest BCUT2D eigenvalue weighted by Gasteiger charge is 2.59. The van der Waals surface area contributed by atoms with Gasteiger partial charge in [-0.1, -0.05) is 176 Å². The zero-order chi connectivity index (χ0) is 40.2. The topological polar surface area (TPSA) is 29.5 Å². The summed E-state index contributed by atoms with van der Waals surface area (Å²) < 4.78 is 6.52. The van der Waals surface area contributed by atoms with Crippen molar-refractivity contribution in [2.75, 3.05) is 0 Å². The minimum atomic E-state index is -0.833. The highest BCUT2D eigenvalue weighted by molar-refractivity contribution is 6.47. The molecule has 8 aromatic rings. The Kier molecular flexibility index (Phi) is 9.13. The highest BCUT2D eigenvalue weighted by atomic mass is 16.5. The summed E-state index contributed by atoms with van der Waals surface area (Å²) in [6.07, 6.45) is 0.765.